The van der Waals surface area contributed by atoms with Gasteiger partial charge < -0.3 is 5.32 Å². The van der Waals surface area contributed by atoms with E-state index in [0.717, 1.165) is 0 Å². The van der Waals surface area contributed by atoms with Crippen molar-refractivity contribution in [3.8, 4) is 6.07 Å². The van der Waals surface area contributed by atoms with Crippen molar-refractivity contribution >= 4 is 34.0 Å². The maximum atomic E-state index is 12.0. The van der Waals surface area contributed by atoms with Crippen molar-refractivity contribution in [1.29, 1.82) is 5.26 Å². The van der Waals surface area contributed by atoms with E-state index < -0.39 is 10.8 Å². The van der Waals surface area contributed by atoms with Gasteiger partial charge in [-0.1, -0.05) is 17.7 Å². The van der Waals surface area contributed by atoms with E-state index in [-0.39, 0.29) is 11.7 Å². The molecule has 0 radical (unpaired) electrons. The number of nitrogens with zero attached hydrogens (tertiary/aromatic N) is 1. The monoisotopic (exact) mass is 318 g/mol. The standard InChI is InChI=1S/C15H11ClN2O2S/c16-12-4-6-14(7-5-12)21(20)10-15(19)18-13-3-1-2-11(8-13)9-17/h1-8H,10H2,(H,18,19). The lowest BCUT2D eigenvalue weighted by atomic mass is 10.2. The number of nitriles is 1. The van der Waals surface area contributed by atoms with Crippen LogP contribution in [0.25, 0.3) is 0 Å². The molecule has 0 bridgehead atoms. The van der Waals surface area contributed by atoms with Gasteiger partial charge in [0.15, 0.2) is 0 Å². The lowest BCUT2D eigenvalue weighted by Crippen LogP contribution is -2.19. The van der Waals surface area contributed by atoms with Gasteiger partial charge in [-0.3, -0.25) is 9.00 Å². The Morgan fingerprint density at radius 2 is 1.95 bits per heavy atom. The van der Waals surface area contributed by atoms with E-state index in [0.29, 0.717) is 21.2 Å². The summed E-state index contributed by atoms with van der Waals surface area (Å²) in [5.41, 5.74) is 0.957. The van der Waals surface area contributed by atoms with Crippen LogP contribution in [0.15, 0.2) is 53.4 Å². The van der Waals surface area contributed by atoms with E-state index in [1.54, 1.807) is 48.5 Å². The maximum absolute atomic E-state index is 12.0. The molecule has 0 heterocycles. The van der Waals surface area contributed by atoms with Gasteiger partial charge in [0.2, 0.25) is 5.91 Å². The molecule has 1 amide bonds. The second-order valence-corrected chi connectivity index (χ2v) is 6.07. The summed E-state index contributed by atoms with van der Waals surface area (Å²) in [7, 11) is -1.44. The molecule has 0 saturated carbocycles. The first-order valence-electron chi connectivity index (χ1n) is 6.02. The third-order valence-electron chi connectivity index (χ3n) is 2.61. The fourth-order valence-corrected chi connectivity index (χ4v) is 2.69. The fourth-order valence-electron chi connectivity index (χ4n) is 1.65. The third-order valence-corrected chi connectivity index (χ3v) is 4.19. The number of anilines is 1. The maximum Gasteiger partial charge on any atom is 0.237 e. The first-order chi connectivity index (χ1) is 10.1. The predicted octanol–water partition coefficient (Wildman–Crippen LogP) is 2.96. The second kappa shape index (κ2) is 7.02. The fraction of sp³-hybridized carbons (Fsp3) is 0.0667. The number of rotatable bonds is 4. The van der Waals surface area contributed by atoms with Crippen LogP contribution in [0.4, 0.5) is 5.69 Å². The molecule has 0 aliphatic heterocycles. The van der Waals surface area contributed by atoms with Crippen molar-refractivity contribution in [2.75, 3.05) is 11.1 Å². The molecule has 0 saturated heterocycles. The minimum Gasteiger partial charge on any atom is -0.325 e. The number of halogens is 1. The minimum atomic E-state index is -1.44. The van der Waals surface area contributed by atoms with Gasteiger partial charge in [0.1, 0.15) is 5.75 Å². The highest BCUT2D eigenvalue weighted by Gasteiger charge is 2.10. The van der Waals surface area contributed by atoms with E-state index in [4.69, 9.17) is 16.9 Å². The SMILES string of the molecule is N#Cc1cccc(NC(=O)CS(=O)c2ccc(Cl)cc2)c1. The van der Waals surface area contributed by atoms with E-state index in [9.17, 15) is 9.00 Å². The Hall–Kier alpha value is -2.16. The molecule has 106 valence electrons. The van der Waals surface area contributed by atoms with Crippen LogP contribution < -0.4 is 5.32 Å². The van der Waals surface area contributed by atoms with Gasteiger partial charge in [-0.25, -0.2) is 0 Å². The molecule has 2 rings (SSSR count). The highest BCUT2D eigenvalue weighted by molar-refractivity contribution is 7.85. The number of hydrogen-bond donors (Lipinski definition) is 1. The number of hydrogen-bond acceptors (Lipinski definition) is 3. The first-order valence-corrected chi connectivity index (χ1v) is 7.72. The second-order valence-electron chi connectivity index (χ2n) is 4.18. The van der Waals surface area contributed by atoms with E-state index in [2.05, 4.69) is 5.32 Å². The summed E-state index contributed by atoms with van der Waals surface area (Å²) in [5, 5.41) is 12.0. The van der Waals surface area contributed by atoms with Crippen LogP contribution in [-0.4, -0.2) is 15.9 Å². The molecule has 1 unspecified atom stereocenters. The number of amides is 1. The Balaban J connectivity index is 1.99. The average molecular weight is 319 g/mol. The number of nitrogens with one attached hydrogen (secondary N) is 1. The summed E-state index contributed by atoms with van der Waals surface area (Å²) in [4.78, 5) is 12.4. The number of carbonyl (C=O) groups excluding carboxylic acids is 1. The van der Waals surface area contributed by atoms with Crippen molar-refractivity contribution in [1.82, 2.24) is 0 Å². The molecular weight excluding hydrogens is 308 g/mol. The summed E-state index contributed by atoms with van der Waals surface area (Å²) in [6.45, 7) is 0. The van der Waals surface area contributed by atoms with Crippen LogP contribution in [0, 0.1) is 11.3 Å². The third kappa shape index (κ3) is 4.42. The van der Waals surface area contributed by atoms with Crippen LogP contribution in [0.5, 0.6) is 0 Å². The number of benzene rings is 2. The van der Waals surface area contributed by atoms with Crippen LogP contribution in [0.3, 0.4) is 0 Å². The normalized spacial score (nSPS) is 11.4. The summed E-state index contributed by atoms with van der Waals surface area (Å²) in [6, 6.07) is 15.0. The van der Waals surface area contributed by atoms with E-state index in [1.807, 2.05) is 6.07 Å². The van der Waals surface area contributed by atoms with Crippen molar-refractivity contribution in [2.24, 2.45) is 0 Å². The molecule has 0 fully saturated rings. The lowest BCUT2D eigenvalue weighted by Gasteiger charge is -2.06. The molecule has 0 aliphatic carbocycles. The number of carbonyl (C=O) groups is 1. The molecule has 21 heavy (non-hydrogen) atoms. The Labute approximate surface area is 129 Å². The van der Waals surface area contributed by atoms with Gasteiger partial charge in [-0.15, -0.1) is 0 Å². The Morgan fingerprint density at radius 3 is 2.62 bits per heavy atom. The molecule has 1 atom stereocenters. The topological polar surface area (TPSA) is 70.0 Å². The zero-order valence-electron chi connectivity index (χ0n) is 10.9. The first kappa shape index (κ1) is 15.2. The van der Waals surface area contributed by atoms with Crippen LogP contribution in [0.1, 0.15) is 5.56 Å². The molecular formula is C15H11ClN2O2S. The summed E-state index contributed by atoms with van der Waals surface area (Å²) in [6.07, 6.45) is 0. The molecule has 0 aromatic heterocycles. The average Bonchev–Trinajstić information content (AvgIpc) is 2.47. The summed E-state index contributed by atoms with van der Waals surface area (Å²) < 4.78 is 12.0. The van der Waals surface area contributed by atoms with Gasteiger partial charge >= 0.3 is 0 Å². The minimum absolute atomic E-state index is 0.154. The zero-order chi connectivity index (χ0) is 15.2. The molecule has 2 aromatic rings. The zero-order valence-corrected chi connectivity index (χ0v) is 12.4. The van der Waals surface area contributed by atoms with E-state index >= 15 is 0 Å². The Morgan fingerprint density at radius 1 is 1.24 bits per heavy atom. The van der Waals surface area contributed by atoms with Gasteiger partial charge in [0.25, 0.3) is 0 Å². The summed E-state index contributed by atoms with van der Waals surface area (Å²) in [5.74, 6) is -0.531. The van der Waals surface area contributed by atoms with Gasteiger partial charge in [0, 0.05) is 15.6 Å². The van der Waals surface area contributed by atoms with Gasteiger partial charge in [-0.05, 0) is 42.5 Å². The Bertz CT molecular complexity index is 723. The molecule has 0 spiro atoms. The van der Waals surface area contributed by atoms with Crippen molar-refractivity contribution in [3.05, 3.63) is 59.1 Å². The Kier molecular flexibility index (Phi) is 5.09. The van der Waals surface area contributed by atoms with Gasteiger partial charge in [0.05, 0.1) is 22.4 Å². The quantitative estimate of drug-likeness (QED) is 0.942. The van der Waals surface area contributed by atoms with Gasteiger partial charge in [-0.2, -0.15) is 5.26 Å². The predicted molar refractivity (Wildman–Crippen MR) is 82.5 cm³/mol. The highest BCUT2D eigenvalue weighted by atomic mass is 35.5. The smallest absolute Gasteiger partial charge is 0.237 e. The molecule has 0 aliphatic rings. The summed E-state index contributed by atoms with van der Waals surface area (Å²) >= 11 is 5.75. The lowest BCUT2D eigenvalue weighted by molar-refractivity contribution is -0.113. The van der Waals surface area contributed by atoms with Crippen molar-refractivity contribution in [3.63, 3.8) is 0 Å². The van der Waals surface area contributed by atoms with Crippen molar-refractivity contribution < 1.29 is 9.00 Å². The highest BCUT2D eigenvalue weighted by Crippen LogP contribution is 2.14. The van der Waals surface area contributed by atoms with Crippen LogP contribution >= 0.6 is 11.6 Å². The molecule has 6 heteroatoms. The van der Waals surface area contributed by atoms with Crippen LogP contribution in [-0.2, 0) is 15.6 Å². The largest absolute Gasteiger partial charge is 0.325 e. The van der Waals surface area contributed by atoms with Crippen molar-refractivity contribution in [2.45, 2.75) is 4.90 Å². The van der Waals surface area contributed by atoms with E-state index in [1.165, 1.54) is 0 Å². The molecule has 4 nitrogen and oxygen atoms in total. The molecule has 2 aromatic carbocycles. The molecule has 1 N–H and O–H groups in total. The van der Waals surface area contributed by atoms with Crippen LogP contribution in [0.2, 0.25) is 5.02 Å².